The van der Waals surface area contributed by atoms with Gasteiger partial charge in [0.15, 0.2) is 0 Å². The van der Waals surface area contributed by atoms with Gasteiger partial charge in [0.2, 0.25) is 0 Å². The molecule has 0 radical (unpaired) electrons. The summed E-state index contributed by atoms with van der Waals surface area (Å²) in [5.74, 6) is -0.211. The van der Waals surface area contributed by atoms with E-state index in [2.05, 4.69) is 4.57 Å². The molecule has 0 aliphatic rings. The number of aliphatic hydroxyl groups is 1. The summed E-state index contributed by atoms with van der Waals surface area (Å²) in [4.78, 5) is 0. The van der Waals surface area contributed by atoms with E-state index in [1.54, 1.807) is 12.1 Å². The number of hydrogen-bond acceptors (Lipinski definition) is 1. The number of halogens is 1. The van der Waals surface area contributed by atoms with Gasteiger partial charge in [0, 0.05) is 23.6 Å². The maximum Gasteiger partial charge on any atom is 0.123 e. The highest BCUT2D eigenvalue weighted by Gasteiger charge is 2.03. The minimum Gasteiger partial charge on any atom is -0.392 e. The van der Waals surface area contributed by atoms with Gasteiger partial charge in [-0.3, -0.25) is 0 Å². The van der Waals surface area contributed by atoms with Crippen molar-refractivity contribution in [3.05, 3.63) is 71.7 Å². The zero-order valence-electron chi connectivity index (χ0n) is 10.4. The molecular weight excluding hydrogens is 241 g/mol. The van der Waals surface area contributed by atoms with Crippen LogP contribution in [0.5, 0.6) is 0 Å². The van der Waals surface area contributed by atoms with Gasteiger partial charge in [0.05, 0.1) is 6.61 Å². The summed E-state index contributed by atoms with van der Waals surface area (Å²) < 4.78 is 15.2. The molecule has 1 heterocycles. The predicted molar refractivity (Wildman–Crippen MR) is 73.4 cm³/mol. The molecule has 19 heavy (non-hydrogen) atoms. The Hall–Kier alpha value is -2.13. The first-order chi connectivity index (χ1) is 9.26. The summed E-state index contributed by atoms with van der Waals surface area (Å²) in [6.07, 6.45) is 1.96. The van der Waals surface area contributed by atoms with Crippen molar-refractivity contribution in [2.45, 2.75) is 13.2 Å². The first-order valence-corrected chi connectivity index (χ1v) is 6.19. The minimum absolute atomic E-state index is 0.0615. The quantitative estimate of drug-likeness (QED) is 0.763. The van der Waals surface area contributed by atoms with Crippen molar-refractivity contribution in [3.63, 3.8) is 0 Å². The number of nitrogens with zero attached hydrogens (tertiary/aromatic N) is 1. The predicted octanol–water partition coefficient (Wildman–Crippen LogP) is 3.32. The molecular formula is C16H14FNO. The molecule has 0 spiro atoms. The van der Waals surface area contributed by atoms with Gasteiger partial charge in [-0.15, -0.1) is 0 Å². The molecule has 0 aliphatic carbocycles. The van der Waals surface area contributed by atoms with Crippen LogP contribution in [0.3, 0.4) is 0 Å². The number of rotatable bonds is 3. The van der Waals surface area contributed by atoms with Crippen molar-refractivity contribution in [1.29, 1.82) is 0 Å². The van der Waals surface area contributed by atoms with Crippen molar-refractivity contribution >= 4 is 10.9 Å². The van der Waals surface area contributed by atoms with Crippen LogP contribution < -0.4 is 0 Å². The standard InChI is InChI=1S/C16H14FNO/c17-15-5-6-16-14(9-15)7-8-18(16)10-12-1-3-13(11-19)4-2-12/h1-9,19H,10-11H2. The van der Waals surface area contributed by atoms with Crippen molar-refractivity contribution in [2.75, 3.05) is 0 Å². The maximum atomic E-state index is 13.1. The topological polar surface area (TPSA) is 25.2 Å². The van der Waals surface area contributed by atoms with Crippen LogP contribution in [-0.2, 0) is 13.2 Å². The van der Waals surface area contributed by atoms with E-state index >= 15 is 0 Å². The second-order valence-corrected chi connectivity index (χ2v) is 4.62. The lowest BCUT2D eigenvalue weighted by atomic mass is 10.1. The van der Waals surface area contributed by atoms with Gasteiger partial charge in [0.1, 0.15) is 5.82 Å². The molecule has 0 amide bonds. The molecule has 3 heteroatoms. The van der Waals surface area contributed by atoms with Crippen LogP contribution in [0, 0.1) is 5.82 Å². The molecule has 0 atom stereocenters. The Morgan fingerprint density at radius 2 is 1.68 bits per heavy atom. The van der Waals surface area contributed by atoms with Crippen LogP contribution in [0.25, 0.3) is 10.9 Å². The summed E-state index contributed by atoms with van der Waals surface area (Å²) in [6, 6.07) is 14.6. The lowest BCUT2D eigenvalue weighted by Gasteiger charge is -2.06. The fourth-order valence-electron chi connectivity index (χ4n) is 2.26. The summed E-state index contributed by atoms with van der Waals surface area (Å²) in [7, 11) is 0. The summed E-state index contributed by atoms with van der Waals surface area (Å²) in [5.41, 5.74) is 3.08. The number of aliphatic hydroxyl groups excluding tert-OH is 1. The first kappa shape index (κ1) is 11.9. The Balaban J connectivity index is 1.92. The molecule has 0 saturated carbocycles. The second-order valence-electron chi connectivity index (χ2n) is 4.62. The lowest BCUT2D eigenvalue weighted by Crippen LogP contribution is -1.98. The molecule has 96 valence electrons. The summed E-state index contributed by atoms with van der Waals surface area (Å²) in [6.45, 7) is 0.798. The number of fused-ring (bicyclic) bond motifs is 1. The van der Waals surface area contributed by atoms with E-state index in [9.17, 15) is 4.39 Å². The second kappa shape index (κ2) is 4.86. The third-order valence-electron chi connectivity index (χ3n) is 3.29. The van der Waals surface area contributed by atoms with Gasteiger partial charge >= 0.3 is 0 Å². The molecule has 0 fully saturated rings. The highest BCUT2D eigenvalue weighted by molar-refractivity contribution is 5.80. The van der Waals surface area contributed by atoms with Crippen molar-refractivity contribution < 1.29 is 9.50 Å². The molecule has 1 aromatic heterocycles. The van der Waals surface area contributed by atoms with Crippen LogP contribution in [0.15, 0.2) is 54.7 Å². The van der Waals surface area contributed by atoms with E-state index in [-0.39, 0.29) is 12.4 Å². The molecule has 2 nitrogen and oxygen atoms in total. The zero-order valence-corrected chi connectivity index (χ0v) is 10.4. The Morgan fingerprint density at radius 1 is 0.947 bits per heavy atom. The molecule has 2 aromatic carbocycles. The Morgan fingerprint density at radius 3 is 2.42 bits per heavy atom. The molecule has 0 aliphatic heterocycles. The third kappa shape index (κ3) is 2.37. The normalized spacial score (nSPS) is 11.1. The van der Waals surface area contributed by atoms with Gasteiger partial charge in [-0.2, -0.15) is 0 Å². The number of hydrogen-bond donors (Lipinski definition) is 1. The minimum atomic E-state index is -0.211. The van der Waals surface area contributed by atoms with Crippen LogP contribution in [-0.4, -0.2) is 9.67 Å². The highest BCUT2D eigenvalue weighted by Crippen LogP contribution is 2.18. The van der Waals surface area contributed by atoms with Gasteiger partial charge in [-0.1, -0.05) is 24.3 Å². The summed E-state index contributed by atoms with van der Waals surface area (Å²) in [5, 5.41) is 9.92. The van der Waals surface area contributed by atoms with Crippen LogP contribution in [0.2, 0.25) is 0 Å². The zero-order chi connectivity index (χ0) is 13.2. The molecule has 0 bridgehead atoms. The maximum absolute atomic E-state index is 13.1. The van der Waals surface area contributed by atoms with Gasteiger partial charge in [-0.25, -0.2) is 4.39 Å². The van der Waals surface area contributed by atoms with E-state index in [0.717, 1.165) is 28.6 Å². The average molecular weight is 255 g/mol. The third-order valence-corrected chi connectivity index (χ3v) is 3.29. The van der Waals surface area contributed by atoms with E-state index in [0.29, 0.717) is 0 Å². The molecule has 3 aromatic rings. The van der Waals surface area contributed by atoms with E-state index < -0.39 is 0 Å². The first-order valence-electron chi connectivity index (χ1n) is 6.19. The van der Waals surface area contributed by atoms with Crippen LogP contribution >= 0.6 is 0 Å². The van der Waals surface area contributed by atoms with Gasteiger partial charge in [-0.05, 0) is 35.4 Å². The van der Waals surface area contributed by atoms with Crippen LogP contribution in [0.1, 0.15) is 11.1 Å². The van der Waals surface area contributed by atoms with E-state index in [4.69, 9.17) is 5.11 Å². The monoisotopic (exact) mass is 255 g/mol. The SMILES string of the molecule is OCc1ccc(Cn2ccc3cc(F)ccc32)cc1. The fraction of sp³-hybridized carbons (Fsp3) is 0.125. The summed E-state index contributed by atoms with van der Waals surface area (Å²) >= 11 is 0. The van der Waals surface area contributed by atoms with E-state index in [1.165, 1.54) is 6.07 Å². The van der Waals surface area contributed by atoms with Gasteiger partial charge < -0.3 is 9.67 Å². The molecule has 3 rings (SSSR count). The fourth-order valence-corrected chi connectivity index (χ4v) is 2.26. The Bertz CT molecular complexity index is 700. The largest absolute Gasteiger partial charge is 0.392 e. The van der Waals surface area contributed by atoms with E-state index in [1.807, 2.05) is 36.5 Å². The Labute approximate surface area is 110 Å². The average Bonchev–Trinajstić information content (AvgIpc) is 2.82. The van der Waals surface area contributed by atoms with Crippen molar-refractivity contribution in [3.8, 4) is 0 Å². The molecule has 0 saturated heterocycles. The highest BCUT2D eigenvalue weighted by atomic mass is 19.1. The molecule has 0 unspecified atom stereocenters. The van der Waals surface area contributed by atoms with Crippen molar-refractivity contribution in [1.82, 2.24) is 4.57 Å². The smallest absolute Gasteiger partial charge is 0.123 e. The molecule has 1 N–H and O–H groups in total. The van der Waals surface area contributed by atoms with Gasteiger partial charge in [0.25, 0.3) is 0 Å². The number of benzene rings is 2. The lowest BCUT2D eigenvalue weighted by molar-refractivity contribution is 0.282. The van der Waals surface area contributed by atoms with Crippen LogP contribution in [0.4, 0.5) is 4.39 Å². The Kier molecular flexibility index (Phi) is 3.05. The number of aromatic nitrogens is 1. The van der Waals surface area contributed by atoms with Crippen molar-refractivity contribution in [2.24, 2.45) is 0 Å².